The fourth-order valence-electron chi connectivity index (χ4n) is 2.02. The number of sulfonamides is 1. The summed E-state index contributed by atoms with van der Waals surface area (Å²) < 4.78 is 38.6. The highest BCUT2D eigenvalue weighted by Gasteiger charge is 2.25. The van der Waals surface area contributed by atoms with Crippen molar-refractivity contribution in [1.29, 1.82) is 0 Å². The van der Waals surface area contributed by atoms with E-state index in [2.05, 4.69) is 0 Å². The molecular formula is C13H25N3O4S. The lowest BCUT2D eigenvalue weighted by Gasteiger charge is -2.20. The van der Waals surface area contributed by atoms with Crippen LogP contribution in [0.15, 0.2) is 17.2 Å². The molecule has 0 radical (unpaired) electrons. The van der Waals surface area contributed by atoms with Gasteiger partial charge in [0.05, 0.1) is 13.2 Å². The second-order valence-corrected chi connectivity index (χ2v) is 6.48. The van der Waals surface area contributed by atoms with Crippen LogP contribution < -0.4 is 5.73 Å². The van der Waals surface area contributed by atoms with Crippen molar-refractivity contribution in [3.63, 3.8) is 0 Å². The molecule has 2 N–H and O–H groups in total. The highest BCUT2D eigenvalue weighted by Crippen LogP contribution is 2.19. The Kier molecular flexibility index (Phi) is 7.33. The normalized spacial score (nSPS) is 12.2. The molecule has 0 aliphatic rings. The van der Waals surface area contributed by atoms with Gasteiger partial charge in [0, 0.05) is 52.3 Å². The minimum absolute atomic E-state index is 0.261. The summed E-state index contributed by atoms with van der Waals surface area (Å²) in [6.45, 7) is 4.18. The zero-order chi connectivity index (χ0) is 15.9. The lowest BCUT2D eigenvalue weighted by molar-refractivity contribution is 0.150. The van der Waals surface area contributed by atoms with Crippen molar-refractivity contribution >= 4 is 10.0 Å². The van der Waals surface area contributed by atoms with Crippen LogP contribution in [-0.4, -0.2) is 57.8 Å². The molecule has 0 saturated carbocycles. The molecule has 8 heteroatoms. The summed E-state index contributed by atoms with van der Waals surface area (Å²) in [4.78, 5) is 0.261. The molecule has 0 saturated heterocycles. The molecule has 122 valence electrons. The van der Waals surface area contributed by atoms with Gasteiger partial charge in [-0.25, -0.2) is 8.42 Å². The second kappa shape index (κ2) is 8.50. The molecule has 1 aromatic rings. The van der Waals surface area contributed by atoms with Gasteiger partial charge in [-0.05, 0) is 13.0 Å². The minimum Gasteiger partial charge on any atom is -0.383 e. The number of aromatic nitrogens is 1. The second-order valence-electron chi connectivity index (χ2n) is 4.55. The number of hydrogen-bond acceptors (Lipinski definition) is 5. The number of methoxy groups -OCH3 is 2. The van der Waals surface area contributed by atoms with Gasteiger partial charge in [0.15, 0.2) is 0 Å². The van der Waals surface area contributed by atoms with Crippen LogP contribution in [0.5, 0.6) is 0 Å². The van der Waals surface area contributed by atoms with E-state index < -0.39 is 10.0 Å². The summed E-state index contributed by atoms with van der Waals surface area (Å²) in [6.07, 6.45) is 1.63. The van der Waals surface area contributed by atoms with E-state index in [1.807, 2.05) is 11.5 Å². The first-order valence-electron chi connectivity index (χ1n) is 6.88. The van der Waals surface area contributed by atoms with Crippen molar-refractivity contribution in [2.45, 2.75) is 24.9 Å². The number of aryl methyl sites for hydroxylation is 1. The summed E-state index contributed by atoms with van der Waals surface area (Å²) in [6, 6.07) is 1.63. The molecule has 0 aliphatic heterocycles. The highest BCUT2D eigenvalue weighted by molar-refractivity contribution is 7.89. The number of hydrogen-bond donors (Lipinski definition) is 1. The van der Waals surface area contributed by atoms with E-state index in [0.717, 1.165) is 5.69 Å². The van der Waals surface area contributed by atoms with Gasteiger partial charge in [0.2, 0.25) is 10.0 Å². The maximum absolute atomic E-state index is 12.7. The van der Waals surface area contributed by atoms with E-state index in [9.17, 15) is 8.42 Å². The largest absolute Gasteiger partial charge is 0.383 e. The average molecular weight is 319 g/mol. The van der Waals surface area contributed by atoms with E-state index >= 15 is 0 Å². The van der Waals surface area contributed by atoms with Crippen molar-refractivity contribution < 1.29 is 17.9 Å². The molecule has 1 heterocycles. The summed E-state index contributed by atoms with van der Waals surface area (Å²) in [5.74, 6) is 0. The summed E-state index contributed by atoms with van der Waals surface area (Å²) in [5, 5.41) is 0. The Bertz CT molecular complexity index is 498. The summed E-state index contributed by atoms with van der Waals surface area (Å²) in [5.41, 5.74) is 6.45. The van der Waals surface area contributed by atoms with E-state index in [1.165, 1.54) is 4.31 Å². The third-order valence-electron chi connectivity index (χ3n) is 3.24. The summed E-state index contributed by atoms with van der Waals surface area (Å²) in [7, 11) is -0.485. The number of rotatable bonds is 10. The van der Waals surface area contributed by atoms with Gasteiger partial charge in [0.1, 0.15) is 4.90 Å². The first-order valence-corrected chi connectivity index (χ1v) is 8.32. The molecule has 7 nitrogen and oxygen atoms in total. The molecule has 0 aliphatic carbocycles. The van der Waals surface area contributed by atoms with Crippen LogP contribution in [0.25, 0.3) is 0 Å². The first-order chi connectivity index (χ1) is 10.0. The SMILES string of the molecule is CCn1cc(S(=O)(=O)N(CCOC)CCOC)cc1CN. The molecular weight excluding hydrogens is 294 g/mol. The predicted octanol–water partition coefficient (Wildman–Crippen LogP) is 0.250. The molecule has 1 rings (SSSR count). The van der Waals surface area contributed by atoms with Gasteiger partial charge < -0.3 is 19.8 Å². The summed E-state index contributed by atoms with van der Waals surface area (Å²) >= 11 is 0. The molecule has 21 heavy (non-hydrogen) atoms. The van der Waals surface area contributed by atoms with Crippen molar-refractivity contribution in [1.82, 2.24) is 8.87 Å². The molecule has 1 aromatic heterocycles. The van der Waals surface area contributed by atoms with Crippen LogP contribution in [0.4, 0.5) is 0 Å². The van der Waals surface area contributed by atoms with Gasteiger partial charge in [-0.15, -0.1) is 0 Å². The van der Waals surface area contributed by atoms with Crippen LogP contribution in [-0.2, 0) is 32.6 Å². The Labute approximate surface area is 126 Å². The standard InChI is InChI=1S/C13H25N3O4S/c1-4-15-11-13(9-12(15)10-14)21(17,18)16(5-7-19-2)6-8-20-3/h9,11H,4-8,10,14H2,1-3H3. The van der Waals surface area contributed by atoms with Crippen molar-refractivity contribution in [3.8, 4) is 0 Å². The Morgan fingerprint density at radius 2 is 1.81 bits per heavy atom. The van der Waals surface area contributed by atoms with Crippen LogP contribution in [0.3, 0.4) is 0 Å². The minimum atomic E-state index is -3.57. The van der Waals surface area contributed by atoms with Crippen molar-refractivity contribution in [2.75, 3.05) is 40.5 Å². The Morgan fingerprint density at radius 3 is 2.19 bits per heavy atom. The molecule has 0 unspecified atom stereocenters. The van der Waals surface area contributed by atoms with Crippen LogP contribution in [0.2, 0.25) is 0 Å². The number of nitrogens with two attached hydrogens (primary N) is 1. The van der Waals surface area contributed by atoms with E-state index in [0.29, 0.717) is 26.3 Å². The lowest BCUT2D eigenvalue weighted by atomic mass is 10.4. The molecule has 0 amide bonds. The Balaban J connectivity index is 3.05. The monoisotopic (exact) mass is 319 g/mol. The third kappa shape index (κ3) is 4.52. The molecule has 0 atom stereocenters. The smallest absolute Gasteiger partial charge is 0.244 e. The van der Waals surface area contributed by atoms with Gasteiger partial charge in [0.25, 0.3) is 0 Å². The Hall–Kier alpha value is -0.930. The molecule has 0 aromatic carbocycles. The van der Waals surface area contributed by atoms with Crippen LogP contribution in [0, 0.1) is 0 Å². The Morgan fingerprint density at radius 1 is 1.24 bits per heavy atom. The number of ether oxygens (including phenoxy) is 2. The fraction of sp³-hybridized carbons (Fsp3) is 0.692. The van der Waals surface area contributed by atoms with Gasteiger partial charge in [-0.1, -0.05) is 0 Å². The maximum Gasteiger partial charge on any atom is 0.244 e. The third-order valence-corrected chi connectivity index (χ3v) is 5.10. The average Bonchev–Trinajstić information content (AvgIpc) is 2.91. The van der Waals surface area contributed by atoms with Gasteiger partial charge >= 0.3 is 0 Å². The molecule has 0 bridgehead atoms. The molecule has 0 fully saturated rings. The zero-order valence-corrected chi connectivity index (χ0v) is 13.7. The van der Waals surface area contributed by atoms with Crippen LogP contribution >= 0.6 is 0 Å². The first kappa shape index (κ1) is 18.1. The van der Waals surface area contributed by atoms with Gasteiger partial charge in [-0.3, -0.25) is 0 Å². The lowest BCUT2D eigenvalue weighted by Crippen LogP contribution is -2.36. The van der Waals surface area contributed by atoms with Crippen molar-refractivity contribution in [2.24, 2.45) is 5.73 Å². The van der Waals surface area contributed by atoms with E-state index in [4.69, 9.17) is 15.2 Å². The zero-order valence-electron chi connectivity index (χ0n) is 12.9. The van der Waals surface area contributed by atoms with Gasteiger partial charge in [-0.2, -0.15) is 4.31 Å². The predicted molar refractivity (Wildman–Crippen MR) is 80.5 cm³/mol. The quantitative estimate of drug-likeness (QED) is 0.668. The van der Waals surface area contributed by atoms with E-state index in [1.54, 1.807) is 26.5 Å². The molecule has 0 spiro atoms. The fourth-order valence-corrected chi connectivity index (χ4v) is 3.49. The van der Waals surface area contributed by atoms with Crippen LogP contribution in [0.1, 0.15) is 12.6 Å². The van der Waals surface area contributed by atoms with Crippen molar-refractivity contribution in [3.05, 3.63) is 18.0 Å². The maximum atomic E-state index is 12.7. The highest BCUT2D eigenvalue weighted by atomic mass is 32.2. The topological polar surface area (TPSA) is 86.8 Å². The number of nitrogens with zero attached hydrogens (tertiary/aromatic N) is 2. The van der Waals surface area contributed by atoms with E-state index in [-0.39, 0.29) is 18.0 Å².